The minimum Gasteiger partial charge on any atom is -0.389 e. The number of aliphatic hydroxyl groups is 1. The molecule has 1 nitrogen and oxygen atoms in total. The zero-order valence-electron chi connectivity index (χ0n) is 7.63. The smallest absolute Gasteiger partial charge is 0.0713 e. The molecule has 0 spiro atoms. The summed E-state index contributed by atoms with van der Waals surface area (Å²) in [5.41, 5.74) is -0.163. The maximum absolute atomic E-state index is 10.2. The maximum atomic E-state index is 10.2. The van der Waals surface area contributed by atoms with Gasteiger partial charge in [0, 0.05) is 0 Å². The van der Waals surface area contributed by atoms with E-state index >= 15 is 0 Å². The fourth-order valence-electron chi connectivity index (χ4n) is 3.51. The van der Waals surface area contributed by atoms with E-state index < -0.39 is 0 Å². The van der Waals surface area contributed by atoms with Crippen LogP contribution in [0.1, 0.15) is 44.9 Å². The summed E-state index contributed by atoms with van der Waals surface area (Å²) in [5.74, 6) is 2.33. The Hall–Kier alpha value is -0.0400. The largest absolute Gasteiger partial charge is 0.389 e. The molecule has 3 saturated carbocycles. The molecule has 1 heteroatoms. The Bertz CT molecular complexity index is 185. The van der Waals surface area contributed by atoms with Crippen LogP contribution in [-0.4, -0.2) is 10.7 Å². The van der Waals surface area contributed by atoms with Crippen LogP contribution in [0.2, 0.25) is 0 Å². The van der Waals surface area contributed by atoms with Crippen LogP contribution in [0.15, 0.2) is 0 Å². The van der Waals surface area contributed by atoms with E-state index in [2.05, 4.69) is 0 Å². The number of rotatable bonds is 2. The van der Waals surface area contributed by atoms with Crippen molar-refractivity contribution in [2.24, 2.45) is 17.8 Å². The van der Waals surface area contributed by atoms with Crippen LogP contribution in [0.5, 0.6) is 0 Å². The van der Waals surface area contributed by atoms with Crippen LogP contribution in [0, 0.1) is 17.8 Å². The lowest BCUT2D eigenvalue weighted by Gasteiger charge is -2.29. The molecule has 12 heavy (non-hydrogen) atoms. The Labute approximate surface area is 74.2 Å². The summed E-state index contributed by atoms with van der Waals surface area (Å²) in [6, 6.07) is 0. The molecule has 0 aliphatic heterocycles. The fraction of sp³-hybridized carbons (Fsp3) is 1.00. The van der Waals surface area contributed by atoms with Crippen molar-refractivity contribution in [2.45, 2.75) is 50.5 Å². The summed E-state index contributed by atoms with van der Waals surface area (Å²) in [4.78, 5) is 0. The highest BCUT2D eigenvalue weighted by atomic mass is 16.3. The molecule has 3 fully saturated rings. The number of hydrogen-bond donors (Lipinski definition) is 1. The zero-order valence-corrected chi connectivity index (χ0v) is 7.63. The molecule has 68 valence electrons. The molecule has 0 saturated heterocycles. The van der Waals surface area contributed by atoms with Gasteiger partial charge in [0.2, 0.25) is 0 Å². The Morgan fingerprint density at radius 1 is 1.00 bits per heavy atom. The fourth-order valence-corrected chi connectivity index (χ4v) is 3.51. The molecule has 0 radical (unpaired) electrons. The number of fused-ring (bicyclic) bond motifs is 1. The first-order valence-corrected chi connectivity index (χ1v) is 5.53. The molecule has 3 aliphatic rings. The monoisotopic (exact) mass is 166 g/mol. The predicted octanol–water partition coefficient (Wildman–Crippen LogP) is 2.34. The third-order valence-corrected chi connectivity index (χ3v) is 4.53. The molecule has 3 aliphatic carbocycles. The van der Waals surface area contributed by atoms with Gasteiger partial charge in [-0.05, 0) is 37.0 Å². The van der Waals surface area contributed by atoms with Crippen molar-refractivity contribution in [1.29, 1.82) is 0 Å². The second-order valence-electron chi connectivity index (χ2n) is 5.14. The molecule has 0 aromatic rings. The van der Waals surface area contributed by atoms with Crippen molar-refractivity contribution in [2.75, 3.05) is 0 Å². The Balaban J connectivity index is 1.62. The van der Waals surface area contributed by atoms with Crippen molar-refractivity contribution in [3.63, 3.8) is 0 Å². The van der Waals surface area contributed by atoms with E-state index in [1.54, 1.807) is 0 Å². The van der Waals surface area contributed by atoms with Gasteiger partial charge in [0.25, 0.3) is 0 Å². The van der Waals surface area contributed by atoms with Gasteiger partial charge in [0.15, 0.2) is 0 Å². The zero-order chi connectivity index (χ0) is 8.18. The molecule has 0 heterocycles. The van der Waals surface area contributed by atoms with Crippen LogP contribution in [0.3, 0.4) is 0 Å². The van der Waals surface area contributed by atoms with E-state index in [-0.39, 0.29) is 5.60 Å². The normalized spacial score (nSPS) is 51.8. The standard InChI is InChI=1S/C11H18O/c12-11(7-8-3-1-4-8)9-5-2-6-10(9)11/h8-10,12H,1-7H2. The molecule has 0 aromatic heterocycles. The summed E-state index contributed by atoms with van der Waals surface area (Å²) in [7, 11) is 0. The quantitative estimate of drug-likeness (QED) is 0.667. The molecule has 0 aromatic carbocycles. The van der Waals surface area contributed by atoms with E-state index in [0.29, 0.717) is 0 Å². The predicted molar refractivity (Wildman–Crippen MR) is 47.7 cm³/mol. The summed E-state index contributed by atoms with van der Waals surface area (Å²) >= 11 is 0. The van der Waals surface area contributed by atoms with E-state index in [4.69, 9.17) is 0 Å². The third kappa shape index (κ3) is 0.834. The van der Waals surface area contributed by atoms with Gasteiger partial charge < -0.3 is 5.11 Å². The summed E-state index contributed by atoms with van der Waals surface area (Å²) in [6.07, 6.45) is 9.34. The van der Waals surface area contributed by atoms with Gasteiger partial charge in [-0.25, -0.2) is 0 Å². The summed E-state index contributed by atoms with van der Waals surface area (Å²) in [5, 5.41) is 10.2. The third-order valence-electron chi connectivity index (χ3n) is 4.53. The Kier molecular flexibility index (Phi) is 1.39. The van der Waals surface area contributed by atoms with Crippen molar-refractivity contribution < 1.29 is 5.11 Å². The second kappa shape index (κ2) is 2.25. The van der Waals surface area contributed by atoms with Gasteiger partial charge >= 0.3 is 0 Å². The van der Waals surface area contributed by atoms with Gasteiger partial charge in [-0.1, -0.05) is 25.7 Å². The SMILES string of the molecule is OC1(CC2CCC2)C2CCCC21. The first-order valence-electron chi connectivity index (χ1n) is 5.53. The molecule has 0 amide bonds. The molecule has 2 unspecified atom stereocenters. The van der Waals surface area contributed by atoms with Crippen LogP contribution < -0.4 is 0 Å². The van der Waals surface area contributed by atoms with E-state index in [1.165, 1.54) is 38.5 Å². The molecular weight excluding hydrogens is 148 g/mol. The average Bonchev–Trinajstić information content (AvgIpc) is 2.49. The molecule has 1 N–H and O–H groups in total. The van der Waals surface area contributed by atoms with E-state index in [9.17, 15) is 5.11 Å². The molecule has 3 rings (SSSR count). The lowest BCUT2D eigenvalue weighted by molar-refractivity contribution is 0.0608. The minimum atomic E-state index is -0.163. The second-order valence-corrected chi connectivity index (χ2v) is 5.14. The van der Waals surface area contributed by atoms with Crippen molar-refractivity contribution in [1.82, 2.24) is 0 Å². The van der Waals surface area contributed by atoms with Crippen molar-refractivity contribution in [3.8, 4) is 0 Å². The summed E-state index contributed by atoms with van der Waals surface area (Å²) in [6.45, 7) is 0. The van der Waals surface area contributed by atoms with E-state index in [0.717, 1.165) is 24.2 Å². The van der Waals surface area contributed by atoms with Crippen molar-refractivity contribution >= 4 is 0 Å². The number of hydrogen-bond acceptors (Lipinski definition) is 1. The lowest BCUT2D eigenvalue weighted by Crippen LogP contribution is -2.24. The van der Waals surface area contributed by atoms with Crippen LogP contribution >= 0.6 is 0 Å². The molecule has 0 bridgehead atoms. The average molecular weight is 166 g/mol. The molecular formula is C11H18O. The highest BCUT2D eigenvalue weighted by molar-refractivity contribution is 5.15. The Morgan fingerprint density at radius 3 is 2.08 bits per heavy atom. The minimum absolute atomic E-state index is 0.163. The Morgan fingerprint density at radius 2 is 1.58 bits per heavy atom. The summed E-state index contributed by atoms with van der Waals surface area (Å²) < 4.78 is 0. The van der Waals surface area contributed by atoms with Crippen LogP contribution in [0.25, 0.3) is 0 Å². The topological polar surface area (TPSA) is 20.2 Å². The van der Waals surface area contributed by atoms with Gasteiger partial charge in [-0.15, -0.1) is 0 Å². The first kappa shape index (κ1) is 7.37. The van der Waals surface area contributed by atoms with E-state index in [1.807, 2.05) is 0 Å². The lowest BCUT2D eigenvalue weighted by atomic mass is 9.79. The van der Waals surface area contributed by atoms with Crippen LogP contribution in [0.4, 0.5) is 0 Å². The van der Waals surface area contributed by atoms with Gasteiger partial charge in [-0.3, -0.25) is 0 Å². The van der Waals surface area contributed by atoms with Gasteiger partial charge in [0.1, 0.15) is 0 Å². The van der Waals surface area contributed by atoms with Crippen LogP contribution in [-0.2, 0) is 0 Å². The maximum Gasteiger partial charge on any atom is 0.0713 e. The first-order chi connectivity index (χ1) is 5.81. The highest BCUT2D eigenvalue weighted by Gasteiger charge is 2.65. The van der Waals surface area contributed by atoms with Crippen molar-refractivity contribution in [3.05, 3.63) is 0 Å². The molecule has 2 atom stereocenters. The van der Waals surface area contributed by atoms with Gasteiger partial charge in [-0.2, -0.15) is 0 Å². The highest BCUT2D eigenvalue weighted by Crippen LogP contribution is 2.64. The van der Waals surface area contributed by atoms with Gasteiger partial charge in [0.05, 0.1) is 5.60 Å².